The molecule has 3 heteroatoms. The van der Waals surface area contributed by atoms with Crippen LogP contribution >= 0.6 is 0 Å². The number of methoxy groups -OCH3 is 1. The lowest BCUT2D eigenvalue weighted by atomic mass is 9.75. The molecule has 98 valence electrons. The minimum atomic E-state index is -0.763. The smallest absolute Gasteiger partial charge is 0.154 e. The molecule has 0 aliphatic heterocycles. The van der Waals surface area contributed by atoms with E-state index in [0.717, 1.165) is 16.9 Å². The molecule has 0 aromatic heterocycles. The van der Waals surface area contributed by atoms with E-state index in [1.165, 1.54) is 0 Å². The number of ether oxygens (including phenoxy) is 1. The Bertz CT molecular complexity index is 583. The van der Waals surface area contributed by atoms with E-state index in [9.17, 15) is 9.59 Å². The van der Waals surface area contributed by atoms with Gasteiger partial charge in [-0.2, -0.15) is 0 Å². The Morgan fingerprint density at radius 3 is 2.53 bits per heavy atom. The van der Waals surface area contributed by atoms with Gasteiger partial charge in [0.1, 0.15) is 11.5 Å². The van der Waals surface area contributed by atoms with Crippen LogP contribution in [0.5, 0.6) is 5.75 Å². The summed E-state index contributed by atoms with van der Waals surface area (Å²) in [4.78, 5) is 24.3. The van der Waals surface area contributed by atoms with Gasteiger partial charge in [-0.3, -0.25) is 9.59 Å². The van der Waals surface area contributed by atoms with Gasteiger partial charge in [0, 0.05) is 6.42 Å². The molecule has 0 heterocycles. The Balaban J connectivity index is 1.99. The highest BCUT2D eigenvalue weighted by Crippen LogP contribution is 2.48. The predicted molar refractivity (Wildman–Crippen MR) is 71.8 cm³/mol. The lowest BCUT2D eigenvalue weighted by molar-refractivity contribution is -0.134. The molecule has 2 unspecified atom stereocenters. The SMILES string of the molecule is COc1ccc(C2=CCC3(C)C(=O)CC2C3=O)cc1. The Hall–Kier alpha value is -1.90. The summed E-state index contributed by atoms with van der Waals surface area (Å²) in [5.74, 6) is 0.714. The van der Waals surface area contributed by atoms with Gasteiger partial charge in [-0.25, -0.2) is 0 Å². The molecule has 0 radical (unpaired) electrons. The van der Waals surface area contributed by atoms with E-state index in [1.807, 2.05) is 24.3 Å². The van der Waals surface area contributed by atoms with Crippen LogP contribution in [0.25, 0.3) is 5.57 Å². The molecule has 1 saturated carbocycles. The Kier molecular flexibility index (Phi) is 2.59. The van der Waals surface area contributed by atoms with Crippen molar-refractivity contribution in [3.63, 3.8) is 0 Å². The van der Waals surface area contributed by atoms with Gasteiger partial charge in [-0.1, -0.05) is 18.2 Å². The Labute approximate surface area is 112 Å². The number of rotatable bonds is 2. The van der Waals surface area contributed by atoms with Gasteiger partial charge in [0.15, 0.2) is 5.78 Å². The third-order valence-electron chi connectivity index (χ3n) is 4.39. The monoisotopic (exact) mass is 256 g/mol. The summed E-state index contributed by atoms with van der Waals surface area (Å²) < 4.78 is 5.13. The second kappa shape index (κ2) is 4.05. The zero-order valence-corrected chi connectivity index (χ0v) is 11.1. The van der Waals surface area contributed by atoms with Crippen molar-refractivity contribution in [2.75, 3.05) is 7.11 Å². The van der Waals surface area contributed by atoms with Crippen molar-refractivity contribution in [3.05, 3.63) is 35.9 Å². The lowest BCUT2D eigenvalue weighted by Crippen LogP contribution is -2.32. The lowest BCUT2D eigenvalue weighted by Gasteiger charge is -2.25. The third-order valence-corrected chi connectivity index (χ3v) is 4.39. The molecule has 2 atom stereocenters. The Morgan fingerprint density at radius 2 is 1.89 bits per heavy atom. The molecule has 1 aromatic carbocycles. The fraction of sp³-hybridized carbons (Fsp3) is 0.375. The van der Waals surface area contributed by atoms with Gasteiger partial charge in [-0.05, 0) is 36.6 Å². The van der Waals surface area contributed by atoms with Crippen LogP contribution in [-0.2, 0) is 9.59 Å². The maximum atomic E-state index is 12.3. The summed E-state index contributed by atoms with van der Waals surface area (Å²) in [5, 5.41) is 0. The van der Waals surface area contributed by atoms with E-state index in [4.69, 9.17) is 4.74 Å². The van der Waals surface area contributed by atoms with Crippen LogP contribution in [0.3, 0.4) is 0 Å². The standard InChI is InChI=1S/C16H16O3/c1-16-8-7-12(13(15(16)18)9-14(16)17)10-3-5-11(19-2)6-4-10/h3-7,13H,8-9H2,1-2H3. The van der Waals surface area contributed by atoms with E-state index in [0.29, 0.717) is 12.8 Å². The molecule has 2 aliphatic carbocycles. The average Bonchev–Trinajstić information content (AvgIpc) is 2.58. The topological polar surface area (TPSA) is 43.4 Å². The second-order valence-electron chi connectivity index (χ2n) is 5.47. The molecular formula is C16H16O3. The van der Waals surface area contributed by atoms with Crippen LogP contribution in [0.2, 0.25) is 0 Å². The van der Waals surface area contributed by atoms with Crippen molar-refractivity contribution in [2.24, 2.45) is 11.3 Å². The van der Waals surface area contributed by atoms with Gasteiger partial charge >= 0.3 is 0 Å². The number of ketones is 2. The van der Waals surface area contributed by atoms with Crippen molar-refractivity contribution < 1.29 is 14.3 Å². The first-order chi connectivity index (χ1) is 9.06. The summed E-state index contributed by atoms with van der Waals surface area (Å²) in [5.41, 5.74) is 1.24. The molecule has 3 rings (SSSR count). The summed E-state index contributed by atoms with van der Waals surface area (Å²) in [6.07, 6.45) is 2.94. The maximum absolute atomic E-state index is 12.3. The average molecular weight is 256 g/mol. The van der Waals surface area contributed by atoms with Gasteiger partial charge in [-0.15, -0.1) is 0 Å². The molecule has 19 heavy (non-hydrogen) atoms. The maximum Gasteiger partial charge on any atom is 0.154 e. The quantitative estimate of drug-likeness (QED) is 0.764. The first-order valence-corrected chi connectivity index (χ1v) is 6.48. The molecule has 0 amide bonds. The van der Waals surface area contributed by atoms with E-state index in [-0.39, 0.29) is 17.5 Å². The fourth-order valence-electron chi connectivity index (χ4n) is 3.05. The van der Waals surface area contributed by atoms with Crippen LogP contribution < -0.4 is 4.74 Å². The number of carbonyl (C=O) groups excluding carboxylic acids is 2. The minimum absolute atomic E-state index is 0.0854. The van der Waals surface area contributed by atoms with Gasteiger partial charge in [0.2, 0.25) is 0 Å². The molecule has 3 nitrogen and oxygen atoms in total. The molecular weight excluding hydrogens is 240 g/mol. The number of allylic oxidation sites excluding steroid dienone is 2. The highest BCUT2D eigenvalue weighted by atomic mass is 16.5. The van der Waals surface area contributed by atoms with E-state index < -0.39 is 5.41 Å². The molecule has 1 fully saturated rings. The second-order valence-corrected chi connectivity index (χ2v) is 5.47. The van der Waals surface area contributed by atoms with Gasteiger partial charge in [0.25, 0.3) is 0 Å². The Morgan fingerprint density at radius 1 is 1.21 bits per heavy atom. The van der Waals surface area contributed by atoms with Crippen molar-refractivity contribution in [1.82, 2.24) is 0 Å². The number of carbonyl (C=O) groups is 2. The van der Waals surface area contributed by atoms with Crippen LogP contribution in [-0.4, -0.2) is 18.7 Å². The van der Waals surface area contributed by atoms with Crippen LogP contribution in [0.1, 0.15) is 25.3 Å². The van der Waals surface area contributed by atoms with Crippen LogP contribution in [0.15, 0.2) is 30.3 Å². The summed E-state index contributed by atoms with van der Waals surface area (Å²) >= 11 is 0. The summed E-state index contributed by atoms with van der Waals surface area (Å²) in [6, 6.07) is 7.66. The van der Waals surface area contributed by atoms with Crippen molar-refractivity contribution in [1.29, 1.82) is 0 Å². The number of fused-ring (bicyclic) bond motifs is 2. The van der Waals surface area contributed by atoms with Gasteiger partial charge in [0.05, 0.1) is 18.4 Å². The minimum Gasteiger partial charge on any atom is -0.497 e. The number of hydrogen-bond donors (Lipinski definition) is 0. The fourth-order valence-corrected chi connectivity index (χ4v) is 3.05. The van der Waals surface area contributed by atoms with E-state index in [2.05, 4.69) is 6.08 Å². The normalized spacial score (nSPS) is 29.4. The molecule has 2 bridgehead atoms. The van der Waals surface area contributed by atoms with Crippen molar-refractivity contribution in [2.45, 2.75) is 19.8 Å². The first-order valence-electron chi connectivity index (χ1n) is 6.48. The van der Waals surface area contributed by atoms with E-state index in [1.54, 1.807) is 14.0 Å². The summed E-state index contributed by atoms with van der Waals surface area (Å²) in [6.45, 7) is 1.78. The highest BCUT2D eigenvalue weighted by molar-refractivity contribution is 6.19. The number of Topliss-reactive ketones (excluding diaryl/α,β-unsaturated/α-hetero) is 2. The molecule has 2 aliphatic rings. The van der Waals surface area contributed by atoms with Crippen LogP contribution in [0.4, 0.5) is 0 Å². The predicted octanol–water partition coefficient (Wildman–Crippen LogP) is 2.65. The molecule has 0 spiro atoms. The van der Waals surface area contributed by atoms with Crippen molar-refractivity contribution >= 4 is 17.1 Å². The largest absolute Gasteiger partial charge is 0.497 e. The molecule has 0 saturated heterocycles. The first kappa shape index (κ1) is 12.2. The summed E-state index contributed by atoms with van der Waals surface area (Å²) in [7, 11) is 1.62. The number of benzene rings is 1. The van der Waals surface area contributed by atoms with Crippen molar-refractivity contribution in [3.8, 4) is 5.75 Å². The zero-order chi connectivity index (χ0) is 13.6. The third kappa shape index (κ3) is 1.65. The zero-order valence-electron chi connectivity index (χ0n) is 11.1. The van der Waals surface area contributed by atoms with Gasteiger partial charge < -0.3 is 4.74 Å². The highest BCUT2D eigenvalue weighted by Gasteiger charge is 2.53. The molecule has 1 aromatic rings. The van der Waals surface area contributed by atoms with Crippen LogP contribution in [0, 0.1) is 11.3 Å². The number of hydrogen-bond acceptors (Lipinski definition) is 3. The van der Waals surface area contributed by atoms with E-state index >= 15 is 0 Å². The molecule has 0 N–H and O–H groups in total.